The van der Waals surface area contributed by atoms with Crippen LogP contribution in [0.2, 0.25) is 0 Å². The predicted octanol–water partition coefficient (Wildman–Crippen LogP) is 5.23. The Bertz CT molecular complexity index is 754. The van der Waals surface area contributed by atoms with Gasteiger partial charge in [0.2, 0.25) is 0 Å². The SMILES string of the molecule is CC12CC3CC(C1)CC(N)(C3)C2(C)C.CC12CC3CC(C1)CC(N)(C3)C2(C)C.O=S(=O)(O)O. The molecule has 0 amide bonds. The molecule has 8 saturated carbocycles. The lowest BCUT2D eigenvalue weighted by atomic mass is 9.38. The van der Waals surface area contributed by atoms with Gasteiger partial charge in [0.1, 0.15) is 0 Å². The van der Waals surface area contributed by atoms with Crippen LogP contribution in [0.4, 0.5) is 0 Å². The minimum absolute atomic E-state index is 0.159. The van der Waals surface area contributed by atoms with E-state index >= 15 is 0 Å². The van der Waals surface area contributed by atoms with E-state index in [2.05, 4.69) is 41.5 Å². The number of rotatable bonds is 0. The fourth-order valence-corrected chi connectivity index (χ4v) is 10.1. The molecule has 33 heavy (non-hydrogen) atoms. The molecule has 0 aromatic rings. The zero-order chi connectivity index (χ0) is 24.9. The molecule has 8 fully saturated rings. The molecular weight excluding hydrogens is 436 g/mol. The maximum Gasteiger partial charge on any atom is 0.394 e. The number of nitrogens with two attached hydrogens (primary N) is 2. The second kappa shape index (κ2) is 7.41. The average Bonchev–Trinajstić information content (AvgIpc) is 2.55. The van der Waals surface area contributed by atoms with E-state index in [4.69, 9.17) is 29.0 Å². The molecular formula is C26H48N2O4S. The second-order valence-electron chi connectivity index (χ2n) is 14.7. The van der Waals surface area contributed by atoms with Gasteiger partial charge in [-0.25, -0.2) is 0 Å². The van der Waals surface area contributed by atoms with Gasteiger partial charge in [0.05, 0.1) is 0 Å². The van der Waals surface area contributed by atoms with Crippen molar-refractivity contribution in [2.45, 2.75) is 117 Å². The van der Waals surface area contributed by atoms with Crippen molar-refractivity contribution in [3.63, 3.8) is 0 Å². The summed E-state index contributed by atoms with van der Waals surface area (Å²) in [7, 11) is -4.67. The Hall–Kier alpha value is -0.210. The minimum atomic E-state index is -4.67. The zero-order valence-corrected chi connectivity index (χ0v) is 22.5. The molecule has 0 saturated heterocycles. The third-order valence-electron chi connectivity index (χ3n) is 12.4. The van der Waals surface area contributed by atoms with Crippen molar-refractivity contribution in [2.24, 2.45) is 56.8 Å². The first-order valence-corrected chi connectivity index (χ1v) is 14.4. The molecule has 6 N–H and O–H groups in total. The molecule has 0 aromatic heterocycles. The van der Waals surface area contributed by atoms with E-state index < -0.39 is 10.4 Å². The van der Waals surface area contributed by atoms with Crippen LogP contribution < -0.4 is 11.5 Å². The highest BCUT2D eigenvalue weighted by atomic mass is 32.3. The largest absolute Gasteiger partial charge is 0.394 e. The van der Waals surface area contributed by atoms with Gasteiger partial charge >= 0.3 is 10.4 Å². The molecule has 0 heterocycles. The number of hydrogen-bond donors (Lipinski definition) is 4. The zero-order valence-electron chi connectivity index (χ0n) is 21.7. The van der Waals surface area contributed by atoms with E-state index in [9.17, 15) is 0 Å². The van der Waals surface area contributed by atoms with Gasteiger partial charge in [-0.3, -0.25) is 9.11 Å². The third-order valence-corrected chi connectivity index (χ3v) is 12.4. The molecule has 4 unspecified atom stereocenters. The molecule has 7 heteroatoms. The lowest BCUT2D eigenvalue weighted by Crippen LogP contribution is -2.70. The van der Waals surface area contributed by atoms with Crippen molar-refractivity contribution in [1.82, 2.24) is 0 Å². The van der Waals surface area contributed by atoms with E-state index in [1.165, 1.54) is 64.2 Å². The van der Waals surface area contributed by atoms with E-state index in [0.29, 0.717) is 21.7 Å². The van der Waals surface area contributed by atoms with Gasteiger partial charge in [-0.1, -0.05) is 41.5 Å². The summed E-state index contributed by atoms with van der Waals surface area (Å²) in [4.78, 5) is 0. The lowest BCUT2D eigenvalue weighted by molar-refractivity contribution is -0.163. The molecule has 0 radical (unpaired) electrons. The monoisotopic (exact) mass is 484 g/mol. The first kappa shape index (κ1) is 25.9. The second-order valence-corrected chi connectivity index (χ2v) is 15.6. The molecule has 4 atom stereocenters. The summed E-state index contributed by atoms with van der Waals surface area (Å²) in [6.07, 6.45) is 13.9. The van der Waals surface area contributed by atoms with Gasteiger partial charge in [-0.2, -0.15) is 8.42 Å². The lowest BCUT2D eigenvalue weighted by Gasteiger charge is -2.69. The fraction of sp³-hybridized carbons (Fsp3) is 1.00. The van der Waals surface area contributed by atoms with Crippen molar-refractivity contribution in [1.29, 1.82) is 0 Å². The van der Waals surface area contributed by atoms with Gasteiger partial charge < -0.3 is 11.5 Å². The normalized spacial score (nSPS) is 51.9. The van der Waals surface area contributed by atoms with Crippen LogP contribution in [0.15, 0.2) is 0 Å². The molecule has 6 nitrogen and oxygen atoms in total. The van der Waals surface area contributed by atoms with E-state index in [-0.39, 0.29) is 11.1 Å². The fourth-order valence-electron chi connectivity index (χ4n) is 10.1. The maximum atomic E-state index is 8.74. The standard InChI is InChI=1S/2C13H23N.H2O4S/c2*1-11(2)12(3)5-9-4-10(6-12)8-13(11,14)7-9;1-5(2,3)4/h2*9-10H,4-8,14H2,1-3H3;(H2,1,2,3,4). The van der Waals surface area contributed by atoms with Gasteiger partial charge in [0.15, 0.2) is 0 Å². The summed E-state index contributed by atoms with van der Waals surface area (Å²) in [6.45, 7) is 14.7. The van der Waals surface area contributed by atoms with E-state index in [1.807, 2.05) is 0 Å². The summed E-state index contributed by atoms with van der Waals surface area (Å²) >= 11 is 0. The molecule has 8 rings (SSSR count). The highest BCUT2D eigenvalue weighted by Crippen LogP contribution is 2.69. The van der Waals surface area contributed by atoms with Crippen LogP contribution in [-0.2, 0) is 10.4 Å². The summed E-state index contributed by atoms with van der Waals surface area (Å²) in [5.74, 6) is 3.80. The van der Waals surface area contributed by atoms with Gasteiger partial charge in [-0.15, -0.1) is 0 Å². The Labute approximate surface area is 201 Å². The van der Waals surface area contributed by atoms with Gasteiger partial charge in [0, 0.05) is 11.1 Å². The minimum Gasteiger partial charge on any atom is -0.325 e. The summed E-state index contributed by atoms with van der Waals surface area (Å²) in [6, 6.07) is 0. The van der Waals surface area contributed by atoms with Crippen molar-refractivity contribution >= 4 is 10.4 Å². The quantitative estimate of drug-likeness (QED) is 0.349. The molecule has 0 aliphatic heterocycles. The third kappa shape index (κ3) is 4.02. The topological polar surface area (TPSA) is 127 Å². The van der Waals surface area contributed by atoms with Gasteiger partial charge in [-0.05, 0) is 110 Å². The summed E-state index contributed by atoms with van der Waals surface area (Å²) < 4.78 is 31.6. The predicted molar refractivity (Wildman–Crippen MR) is 132 cm³/mol. The molecule has 192 valence electrons. The first-order chi connectivity index (χ1) is 14.7. The summed E-state index contributed by atoms with van der Waals surface area (Å²) in [5.41, 5.74) is 15.5. The molecule has 8 aliphatic carbocycles. The Kier molecular flexibility index (Phi) is 5.81. The average molecular weight is 485 g/mol. The highest BCUT2D eigenvalue weighted by molar-refractivity contribution is 7.79. The van der Waals surface area contributed by atoms with Gasteiger partial charge in [0.25, 0.3) is 0 Å². The molecule has 0 spiro atoms. The van der Waals surface area contributed by atoms with Crippen LogP contribution in [0.5, 0.6) is 0 Å². The van der Waals surface area contributed by atoms with Crippen LogP contribution in [0.1, 0.15) is 106 Å². The van der Waals surface area contributed by atoms with Crippen molar-refractivity contribution < 1.29 is 17.5 Å². The highest BCUT2D eigenvalue weighted by Gasteiger charge is 2.65. The molecule has 8 bridgehead atoms. The van der Waals surface area contributed by atoms with Crippen LogP contribution in [-0.4, -0.2) is 28.6 Å². The van der Waals surface area contributed by atoms with Crippen molar-refractivity contribution in [3.05, 3.63) is 0 Å². The van der Waals surface area contributed by atoms with Crippen molar-refractivity contribution in [3.8, 4) is 0 Å². The summed E-state index contributed by atoms with van der Waals surface area (Å²) in [5, 5.41) is 0. The number of hydrogen-bond acceptors (Lipinski definition) is 4. The van der Waals surface area contributed by atoms with E-state index in [0.717, 1.165) is 23.7 Å². The Morgan fingerprint density at radius 2 is 0.788 bits per heavy atom. The van der Waals surface area contributed by atoms with Crippen LogP contribution in [0, 0.1) is 45.3 Å². The Morgan fingerprint density at radius 3 is 0.970 bits per heavy atom. The first-order valence-electron chi connectivity index (χ1n) is 13.0. The maximum absolute atomic E-state index is 8.74. The van der Waals surface area contributed by atoms with Crippen LogP contribution >= 0.6 is 0 Å². The Morgan fingerprint density at radius 1 is 0.576 bits per heavy atom. The molecule has 8 aliphatic rings. The van der Waals surface area contributed by atoms with E-state index in [1.54, 1.807) is 0 Å². The molecule has 0 aromatic carbocycles. The van der Waals surface area contributed by atoms with Crippen LogP contribution in [0.3, 0.4) is 0 Å². The van der Waals surface area contributed by atoms with Crippen LogP contribution in [0.25, 0.3) is 0 Å². The van der Waals surface area contributed by atoms with Crippen molar-refractivity contribution in [2.75, 3.05) is 0 Å². The Balaban J connectivity index is 0.000000132. The smallest absolute Gasteiger partial charge is 0.325 e.